The molecule has 2 aromatic rings. The standard InChI is InChI=1S/C15H16N2O2S/c1-10-8-11(2)17-15(16-10)20-14(18)9-12-4-6-13(19-3)7-5-12/h4-8H,9H2,1-3H3. The quantitative estimate of drug-likeness (QED) is 0.639. The van der Waals surface area contributed by atoms with Crippen LogP contribution in [0.4, 0.5) is 0 Å². The van der Waals surface area contributed by atoms with Crippen LogP contribution in [-0.2, 0) is 11.2 Å². The monoisotopic (exact) mass is 288 g/mol. The molecular weight excluding hydrogens is 272 g/mol. The molecule has 0 aliphatic heterocycles. The molecule has 0 aliphatic rings. The molecule has 0 spiro atoms. The van der Waals surface area contributed by atoms with Gasteiger partial charge in [-0.3, -0.25) is 4.79 Å². The largest absolute Gasteiger partial charge is 0.497 e. The molecule has 0 radical (unpaired) electrons. The maximum absolute atomic E-state index is 12.0. The fourth-order valence-electron chi connectivity index (χ4n) is 1.79. The van der Waals surface area contributed by atoms with E-state index in [0.717, 1.165) is 34.5 Å². The van der Waals surface area contributed by atoms with Crippen molar-refractivity contribution in [1.29, 1.82) is 0 Å². The summed E-state index contributed by atoms with van der Waals surface area (Å²) in [5, 5.41) is 0.543. The van der Waals surface area contributed by atoms with E-state index >= 15 is 0 Å². The maximum Gasteiger partial charge on any atom is 0.201 e. The number of hydrogen-bond donors (Lipinski definition) is 0. The lowest BCUT2D eigenvalue weighted by atomic mass is 10.2. The van der Waals surface area contributed by atoms with E-state index < -0.39 is 0 Å². The van der Waals surface area contributed by atoms with Crippen molar-refractivity contribution >= 4 is 16.9 Å². The number of benzene rings is 1. The Morgan fingerprint density at radius 1 is 1.15 bits per heavy atom. The number of rotatable bonds is 4. The Balaban J connectivity index is 2.01. The fourth-order valence-corrected chi connectivity index (χ4v) is 2.61. The predicted molar refractivity (Wildman–Crippen MR) is 79.1 cm³/mol. The zero-order chi connectivity index (χ0) is 14.5. The minimum atomic E-state index is 0.0279. The van der Waals surface area contributed by atoms with E-state index in [2.05, 4.69) is 9.97 Å². The van der Waals surface area contributed by atoms with E-state index in [-0.39, 0.29) is 5.12 Å². The highest BCUT2D eigenvalue weighted by Crippen LogP contribution is 2.19. The average Bonchev–Trinajstić information content (AvgIpc) is 2.38. The van der Waals surface area contributed by atoms with Crippen LogP contribution in [-0.4, -0.2) is 22.2 Å². The zero-order valence-electron chi connectivity index (χ0n) is 11.7. The van der Waals surface area contributed by atoms with Gasteiger partial charge in [0.1, 0.15) is 5.75 Å². The zero-order valence-corrected chi connectivity index (χ0v) is 12.5. The lowest BCUT2D eigenvalue weighted by Gasteiger charge is -2.04. The molecular formula is C15H16N2O2S. The van der Waals surface area contributed by atoms with E-state index in [1.165, 1.54) is 0 Å². The highest BCUT2D eigenvalue weighted by Gasteiger charge is 2.09. The summed E-state index contributed by atoms with van der Waals surface area (Å²) in [6.45, 7) is 3.79. The third-order valence-corrected chi connectivity index (χ3v) is 3.41. The number of carbonyl (C=O) groups is 1. The smallest absolute Gasteiger partial charge is 0.201 e. The molecule has 5 heteroatoms. The lowest BCUT2D eigenvalue weighted by molar-refractivity contribution is -0.110. The van der Waals surface area contributed by atoms with Gasteiger partial charge in [-0.2, -0.15) is 0 Å². The van der Waals surface area contributed by atoms with Gasteiger partial charge in [-0.15, -0.1) is 0 Å². The van der Waals surface area contributed by atoms with Crippen LogP contribution < -0.4 is 4.74 Å². The highest BCUT2D eigenvalue weighted by molar-refractivity contribution is 8.13. The molecule has 1 heterocycles. The Labute approximate surface area is 122 Å². The molecule has 104 valence electrons. The van der Waals surface area contributed by atoms with E-state index in [0.29, 0.717) is 11.6 Å². The molecule has 0 amide bonds. The van der Waals surface area contributed by atoms with Crippen molar-refractivity contribution < 1.29 is 9.53 Å². The Bertz CT molecular complexity index is 592. The van der Waals surface area contributed by atoms with Gasteiger partial charge in [0.2, 0.25) is 5.12 Å². The van der Waals surface area contributed by atoms with Crippen LogP contribution in [0.2, 0.25) is 0 Å². The van der Waals surface area contributed by atoms with Crippen molar-refractivity contribution in [3.8, 4) is 5.75 Å². The van der Waals surface area contributed by atoms with Gasteiger partial charge in [-0.05, 0) is 49.4 Å². The molecule has 4 nitrogen and oxygen atoms in total. The number of aryl methyl sites for hydroxylation is 2. The second-order valence-electron chi connectivity index (χ2n) is 4.43. The van der Waals surface area contributed by atoms with Gasteiger partial charge >= 0.3 is 0 Å². The first-order valence-electron chi connectivity index (χ1n) is 6.22. The molecule has 0 unspecified atom stereocenters. The van der Waals surface area contributed by atoms with Gasteiger partial charge in [-0.1, -0.05) is 12.1 Å². The summed E-state index contributed by atoms with van der Waals surface area (Å²) in [5.74, 6) is 0.784. The van der Waals surface area contributed by atoms with E-state index in [9.17, 15) is 4.79 Å². The first kappa shape index (κ1) is 14.5. The van der Waals surface area contributed by atoms with Gasteiger partial charge in [0.05, 0.1) is 7.11 Å². The van der Waals surface area contributed by atoms with Gasteiger partial charge in [0.25, 0.3) is 0 Å². The topological polar surface area (TPSA) is 52.1 Å². The Morgan fingerprint density at radius 2 is 1.75 bits per heavy atom. The number of ether oxygens (including phenoxy) is 1. The van der Waals surface area contributed by atoms with Crippen molar-refractivity contribution in [2.24, 2.45) is 0 Å². The third-order valence-electron chi connectivity index (χ3n) is 2.67. The van der Waals surface area contributed by atoms with Crippen LogP contribution >= 0.6 is 11.8 Å². The Hall–Kier alpha value is -1.88. The fraction of sp³-hybridized carbons (Fsp3) is 0.267. The summed E-state index contributed by atoms with van der Waals surface area (Å²) < 4.78 is 5.09. The minimum absolute atomic E-state index is 0.0279. The molecule has 1 aromatic heterocycles. The van der Waals surface area contributed by atoms with Crippen LogP contribution in [0.1, 0.15) is 17.0 Å². The van der Waals surface area contributed by atoms with E-state index in [1.54, 1.807) is 7.11 Å². The summed E-state index contributed by atoms with van der Waals surface area (Å²) in [5.41, 5.74) is 2.70. The summed E-state index contributed by atoms with van der Waals surface area (Å²) in [4.78, 5) is 20.5. The van der Waals surface area contributed by atoms with Crippen molar-refractivity contribution in [3.05, 3.63) is 47.3 Å². The van der Waals surface area contributed by atoms with Crippen LogP contribution in [0.25, 0.3) is 0 Å². The summed E-state index contributed by atoms with van der Waals surface area (Å²) in [6, 6.07) is 9.36. The highest BCUT2D eigenvalue weighted by atomic mass is 32.2. The van der Waals surface area contributed by atoms with Gasteiger partial charge < -0.3 is 4.74 Å². The third kappa shape index (κ3) is 4.06. The molecule has 1 aromatic carbocycles. The van der Waals surface area contributed by atoms with Gasteiger partial charge in [-0.25, -0.2) is 9.97 Å². The van der Waals surface area contributed by atoms with Gasteiger partial charge in [0, 0.05) is 17.8 Å². The average molecular weight is 288 g/mol. The molecule has 0 atom stereocenters. The minimum Gasteiger partial charge on any atom is -0.497 e. The molecule has 0 fully saturated rings. The number of nitrogens with zero attached hydrogens (tertiary/aromatic N) is 2. The second-order valence-corrected chi connectivity index (χ2v) is 5.46. The van der Waals surface area contributed by atoms with Crippen LogP contribution in [0.3, 0.4) is 0 Å². The van der Waals surface area contributed by atoms with Crippen molar-refractivity contribution in [1.82, 2.24) is 9.97 Å². The first-order chi connectivity index (χ1) is 9.56. The number of methoxy groups -OCH3 is 1. The molecule has 0 bridgehead atoms. The molecule has 0 aliphatic carbocycles. The summed E-state index contributed by atoms with van der Waals surface area (Å²) in [7, 11) is 1.62. The SMILES string of the molecule is COc1ccc(CC(=O)Sc2nc(C)cc(C)n2)cc1. The Morgan fingerprint density at radius 3 is 2.30 bits per heavy atom. The van der Waals surface area contributed by atoms with Crippen molar-refractivity contribution in [2.45, 2.75) is 25.4 Å². The molecule has 2 rings (SSSR count). The van der Waals surface area contributed by atoms with Crippen molar-refractivity contribution in [2.75, 3.05) is 7.11 Å². The second kappa shape index (κ2) is 6.52. The maximum atomic E-state index is 12.0. The molecule has 0 N–H and O–H groups in total. The lowest BCUT2D eigenvalue weighted by Crippen LogP contribution is -2.01. The normalized spacial score (nSPS) is 10.3. The van der Waals surface area contributed by atoms with Crippen LogP contribution in [0, 0.1) is 13.8 Å². The van der Waals surface area contributed by atoms with Crippen molar-refractivity contribution in [3.63, 3.8) is 0 Å². The predicted octanol–water partition coefficient (Wildman–Crippen LogP) is 2.96. The number of thioether (sulfide) groups is 1. The molecule has 0 saturated heterocycles. The van der Waals surface area contributed by atoms with Crippen LogP contribution in [0.5, 0.6) is 5.75 Å². The molecule has 20 heavy (non-hydrogen) atoms. The Kier molecular flexibility index (Phi) is 4.74. The first-order valence-corrected chi connectivity index (χ1v) is 7.04. The van der Waals surface area contributed by atoms with Gasteiger partial charge in [0.15, 0.2) is 5.16 Å². The van der Waals surface area contributed by atoms with E-state index in [1.807, 2.05) is 44.2 Å². The van der Waals surface area contributed by atoms with E-state index in [4.69, 9.17) is 4.74 Å². The number of aromatic nitrogens is 2. The van der Waals surface area contributed by atoms with Crippen LogP contribution in [0.15, 0.2) is 35.5 Å². The summed E-state index contributed by atoms with van der Waals surface area (Å²) >= 11 is 1.08. The number of hydrogen-bond acceptors (Lipinski definition) is 5. The summed E-state index contributed by atoms with van der Waals surface area (Å²) in [6.07, 6.45) is 0.352. The molecule has 0 saturated carbocycles. The number of carbonyl (C=O) groups excluding carboxylic acids is 1.